The molecule has 2 rings (SSSR count). The third-order valence-corrected chi connectivity index (χ3v) is 7.00. The van der Waals surface area contributed by atoms with E-state index >= 15 is 0 Å². The minimum atomic E-state index is -1.10. The van der Waals surface area contributed by atoms with E-state index in [0.717, 1.165) is 0 Å². The van der Waals surface area contributed by atoms with Gasteiger partial charge in [-0.2, -0.15) is 0 Å². The van der Waals surface area contributed by atoms with Crippen LogP contribution >= 0.6 is 0 Å². The number of amides is 4. The third-order valence-electron chi connectivity index (χ3n) is 7.00. The van der Waals surface area contributed by atoms with Crippen molar-refractivity contribution in [3.8, 4) is 0 Å². The number of benzene rings is 1. The van der Waals surface area contributed by atoms with Gasteiger partial charge >= 0.3 is 11.7 Å². The SMILES string of the molecule is Cc1cc(=O)oc2cc(NC(=O)[C@H](CCCN=C(N)N)NC(=O)[C@@H](NC(=O)[C@H](CCCN=C(N)N)NC(=O)OC(C)(C)C)C(C)C)ccc12. The second-order valence-corrected chi connectivity index (χ2v) is 12.8. The molecule has 0 radical (unpaired) electrons. The average molecular weight is 687 g/mol. The predicted octanol–water partition coefficient (Wildman–Crippen LogP) is 0.666. The Kier molecular flexibility index (Phi) is 14.8. The smallest absolute Gasteiger partial charge is 0.408 e. The van der Waals surface area contributed by atoms with Crippen molar-refractivity contribution in [1.29, 1.82) is 0 Å². The number of hydrogen-bond acceptors (Lipinski definition) is 9. The molecule has 1 aromatic heterocycles. The maximum absolute atomic E-state index is 13.7. The number of anilines is 1. The van der Waals surface area contributed by atoms with Gasteiger partial charge in [0.25, 0.3) is 0 Å². The van der Waals surface area contributed by atoms with Gasteiger partial charge in [-0.25, -0.2) is 9.59 Å². The van der Waals surface area contributed by atoms with Gasteiger partial charge in [-0.05, 0) is 77.0 Å². The molecule has 0 unspecified atom stereocenters. The number of fused-ring (bicyclic) bond motifs is 1. The lowest BCUT2D eigenvalue weighted by molar-refractivity contribution is -0.132. The molecule has 1 heterocycles. The molecule has 270 valence electrons. The number of carbonyl (C=O) groups excluding carboxylic acids is 4. The number of alkyl carbamates (subject to hydrolysis) is 1. The molecular formula is C32H50N10O7. The van der Waals surface area contributed by atoms with E-state index in [-0.39, 0.29) is 43.4 Å². The van der Waals surface area contributed by atoms with Crippen LogP contribution in [-0.2, 0) is 19.1 Å². The summed E-state index contributed by atoms with van der Waals surface area (Å²) in [5.74, 6) is -2.51. The lowest BCUT2D eigenvalue weighted by atomic mass is 10.0. The molecule has 0 aliphatic carbocycles. The molecule has 0 aliphatic rings. The molecule has 3 atom stereocenters. The summed E-state index contributed by atoms with van der Waals surface area (Å²) in [5, 5.41) is 11.4. The van der Waals surface area contributed by atoms with Gasteiger partial charge in [-0.15, -0.1) is 0 Å². The van der Waals surface area contributed by atoms with Crippen molar-refractivity contribution < 1.29 is 28.3 Å². The van der Waals surface area contributed by atoms with Crippen LogP contribution in [0.1, 0.15) is 65.9 Å². The molecule has 1 aromatic carbocycles. The van der Waals surface area contributed by atoms with E-state index in [9.17, 15) is 24.0 Å². The zero-order chi connectivity index (χ0) is 36.9. The topological polar surface area (TPSA) is 285 Å². The zero-order valence-electron chi connectivity index (χ0n) is 28.9. The number of aryl methyl sites for hydroxylation is 1. The van der Waals surface area contributed by atoms with E-state index in [0.29, 0.717) is 29.5 Å². The van der Waals surface area contributed by atoms with Crippen LogP contribution in [0.15, 0.2) is 43.5 Å². The molecule has 0 spiro atoms. The number of hydrogen-bond donors (Lipinski definition) is 8. The fraction of sp³-hybridized carbons (Fsp3) is 0.531. The van der Waals surface area contributed by atoms with Crippen LogP contribution in [0.4, 0.5) is 10.5 Å². The highest BCUT2D eigenvalue weighted by Crippen LogP contribution is 2.21. The number of aliphatic imine (C=N–C) groups is 2. The lowest BCUT2D eigenvalue weighted by Gasteiger charge is -2.28. The normalized spacial score (nSPS) is 13.0. The molecule has 17 nitrogen and oxygen atoms in total. The number of nitrogens with two attached hydrogens (primary N) is 4. The maximum atomic E-state index is 13.7. The quantitative estimate of drug-likeness (QED) is 0.0525. The Morgan fingerprint density at radius 1 is 0.837 bits per heavy atom. The van der Waals surface area contributed by atoms with Crippen molar-refractivity contribution in [2.45, 2.75) is 91.0 Å². The number of rotatable bonds is 16. The number of ether oxygens (including phenoxy) is 1. The predicted molar refractivity (Wildman–Crippen MR) is 188 cm³/mol. The molecule has 0 aliphatic heterocycles. The van der Waals surface area contributed by atoms with Crippen molar-refractivity contribution in [3.05, 3.63) is 40.2 Å². The Bertz CT molecular complexity index is 1590. The summed E-state index contributed by atoms with van der Waals surface area (Å²) in [6, 6.07) is 2.98. The number of nitrogens with one attached hydrogen (secondary N) is 4. The molecule has 2 aromatic rings. The Labute approximate surface area is 285 Å². The molecule has 49 heavy (non-hydrogen) atoms. The van der Waals surface area contributed by atoms with Gasteiger partial charge in [0.15, 0.2) is 11.9 Å². The van der Waals surface area contributed by atoms with Crippen LogP contribution in [-0.4, -0.2) is 72.5 Å². The highest BCUT2D eigenvalue weighted by molar-refractivity contribution is 6.00. The first-order valence-electron chi connectivity index (χ1n) is 15.9. The highest BCUT2D eigenvalue weighted by Gasteiger charge is 2.32. The van der Waals surface area contributed by atoms with Gasteiger partial charge in [0, 0.05) is 36.3 Å². The van der Waals surface area contributed by atoms with E-state index in [1.807, 2.05) is 0 Å². The molecule has 0 saturated heterocycles. The van der Waals surface area contributed by atoms with E-state index in [2.05, 4.69) is 31.3 Å². The average Bonchev–Trinajstić information content (AvgIpc) is 2.97. The van der Waals surface area contributed by atoms with Gasteiger partial charge in [0.05, 0.1) is 0 Å². The zero-order valence-corrected chi connectivity index (χ0v) is 28.9. The Balaban J connectivity index is 2.27. The van der Waals surface area contributed by atoms with E-state index in [1.54, 1.807) is 53.7 Å². The van der Waals surface area contributed by atoms with E-state index in [4.69, 9.17) is 32.1 Å². The second kappa shape index (κ2) is 18.3. The summed E-state index contributed by atoms with van der Waals surface area (Å²) in [4.78, 5) is 73.0. The Morgan fingerprint density at radius 3 is 1.94 bits per heavy atom. The summed E-state index contributed by atoms with van der Waals surface area (Å²) >= 11 is 0. The fourth-order valence-corrected chi connectivity index (χ4v) is 4.68. The van der Waals surface area contributed by atoms with Crippen LogP contribution in [0, 0.1) is 12.8 Å². The first-order chi connectivity index (χ1) is 22.9. The summed E-state index contributed by atoms with van der Waals surface area (Å²) in [6.07, 6.45) is 0.122. The number of carbonyl (C=O) groups is 4. The lowest BCUT2D eigenvalue weighted by Crippen LogP contribution is -2.58. The van der Waals surface area contributed by atoms with Crippen molar-refractivity contribution in [3.63, 3.8) is 0 Å². The van der Waals surface area contributed by atoms with Crippen LogP contribution in [0.25, 0.3) is 11.0 Å². The molecule has 0 saturated carbocycles. The standard InChI is InChI=1S/C32H50N10O7/c1-17(2)25(42-27(45)22(10-8-14-38-30(35)36)41-31(47)49-32(4,5)6)28(46)40-21(9-7-13-37-29(33)34)26(44)39-19-11-12-20-18(3)15-24(43)48-23(20)16-19/h11-12,15-17,21-22,25H,7-10,13-14H2,1-6H3,(H,39,44)(H,40,46)(H,41,47)(H,42,45)(H4,33,34,37)(H4,35,36,38)/t21-,22-,25-/m0/s1. The Hall–Kier alpha value is -5.35. The fourth-order valence-electron chi connectivity index (χ4n) is 4.68. The minimum absolute atomic E-state index is 0.114. The summed E-state index contributed by atoms with van der Waals surface area (Å²) < 4.78 is 10.6. The molecule has 4 amide bonds. The number of guanidine groups is 2. The Morgan fingerprint density at radius 2 is 1.41 bits per heavy atom. The van der Waals surface area contributed by atoms with Crippen molar-refractivity contribution >= 4 is 52.4 Å². The minimum Gasteiger partial charge on any atom is -0.444 e. The van der Waals surface area contributed by atoms with Crippen molar-refractivity contribution in [2.24, 2.45) is 38.8 Å². The van der Waals surface area contributed by atoms with E-state index < -0.39 is 59.1 Å². The van der Waals surface area contributed by atoms with E-state index in [1.165, 1.54) is 12.1 Å². The molecule has 0 fully saturated rings. The first kappa shape index (κ1) is 39.8. The molecule has 0 bridgehead atoms. The summed E-state index contributed by atoms with van der Waals surface area (Å²) in [5.41, 5.74) is 21.6. The first-order valence-corrected chi connectivity index (χ1v) is 15.9. The van der Waals surface area contributed by atoms with Crippen molar-refractivity contribution in [2.75, 3.05) is 18.4 Å². The summed E-state index contributed by atoms with van der Waals surface area (Å²) in [7, 11) is 0. The van der Waals surface area contributed by atoms with Gasteiger partial charge in [0.1, 0.15) is 29.3 Å². The van der Waals surface area contributed by atoms with Crippen molar-refractivity contribution in [1.82, 2.24) is 16.0 Å². The number of nitrogens with zero attached hydrogens (tertiary/aromatic N) is 2. The van der Waals surface area contributed by atoms with Crippen LogP contribution < -0.4 is 49.8 Å². The summed E-state index contributed by atoms with van der Waals surface area (Å²) in [6.45, 7) is 10.7. The molecule has 12 N–H and O–H groups in total. The largest absolute Gasteiger partial charge is 0.444 e. The van der Waals surface area contributed by atoms with Crippen LogP contribution in [0.2, 0.25) is 0 Å². The monoisotopic (exact) mass is 686 g/mol. The highest BCUT2D eigenvalue weighted by atomic mass is 16.6. The van der Waals surface area contributed by atoms with Gasteiger partial charge < -0.3 is 53.4 Å². The van der Waals surface area contributed by atoms with Gasteiger partial charge in [0.2, 0.25) is 17.7 Å². The van der Waals surface area contributed by atoms with Gasteiger partial charge in [-0.1, -0.05) is 13.8 Å². The van der Waals surface area contributed by atoms with Crippen LogP contribution in [0.5, 0.6) is 0 Å². The second-order valence-electron chi connectivity index (χ2n) is 12.8. The maximum Gasteiger partial charge on any atom is 0.408 e. The molecule has 17 heteroatoms. The van der Waals surface area contributed by atoms with Crippen LogP contribution in [0.3, 0.4) is 0 Å². The third kappa shape index (κ3) is 14.1. The van der Waals surface area contributed by atoms with Gasteiger partial charge in [-0.3, -0.25) is 24.4 Å². The molecular weight excluding hydrogens is 636 g/mol.